The molecule has 0 bridgehead atoms. The zero-order valence-electron chi connectivity index (χ0n) is 10.3. The molecule has 0 radical (unpaired) electrons. The van der Waals surface area contributed by atoms with Crippen molar-refractivity contribution in [2.24, 2.45) is 9.98 Å². The van der Waals surface area contributed by atoms with Crippen LogP contribution < -0.4 is 0 Å². The van der Waals surface area contributed by atoms with Crippen LogP contribution in [-0.4, -0.2) is 12.2 Å². The first-order valence-corrected chi connectivity index (χ1v) is 5.62. The van der Waals surface area contributed by atoms with E-state index in [1.807, 2.05) is 37.3 Å². The summed E-state index contributed by atoms with van der Waals surface area (Å²) in [6.07, 6.45) is 3.06. The number of carbonyl (C=O) groups excluding carboxylic acids is 2. The summed E-state index contributed by atoms with van der Waals surface area (Å²) in [4.78, 5) is 27.9. The normalized spacial score (nSPS) is 9.32. The van der Waals surface area contributed by atoms with E-state index in [0.717, 1.165) is 16.7 Å². The quantitative estimate of drug-likeness (QED) is 0.617. The molecule has 0 aliphatic heterocycles. The minimum Gasteiger partial charge on any atom is -0.211 e. The van der Waals surface area contributed by atoms with Gasteiger partial charge in [0.1, 0.15) is 0 Å². The number of hydrogen-bond acceptors (Lipinski definition) is 4. The predicted octanol–water partition coefficient (Wildman–Crippen LogP) is 3.60. The maximum Gasteiger partial charge on any atom is 0.240 e. The first-order chi connectivity index (χ1) is 9.26. The van der Waals surface area contributed by atoms with E-state index in [4.69, 9.17) is 0 Å². The smallest absolute Gasteiger partial charge is 0.211 e. The molecule has 92 valence electrons. The Morgan fingerprint density at radius 3 is 2.21 bits per heavy atom. The Morgan fingerprint density at radius 1 is 0.895 bits per heavy atom. The standard InChI is InChI=1S/C15H10N2O2/c1-11-3-2-4-14(15(11)17-10-19)12-5-7-13(8-6-12)16-9-18/h2-8H,1H3. The first-order valence-electron chi connectivity index (χ1n) is 5.62. The summed E-state index contributed by atoms with van der Waals surface area (Å²) < 4.78 is 0. The van der Waals surface area contributed by atoms with Crippen LogP contribution in [0.25, 0.3) is 11.1 Å². The van der Waals surface area contributed by atoms with Crippen molar-refractivity contribution in [2.75, 3.05) is 0 Å². The molecule has 0 amide bonds. The molecule has 2 aromatic carbocycles. The van der Waals surface area contributed by atoms with Crippen molar-refractivity contribution in [3.63, 3.8) is 0 Å². The zero-order chi connectivity index (χ0) is 13.7. The average molecular weight is 250 g/mol. The SMILES string of the molecule is Cc1cccc(-c2ccc(N=C=O)cc2)c1N=C=O. The third-order valence-electron chi connectivity index (χ3n) is 2.75. The van der Waals surface area contributed by atoms with E-state index in [9.17, 15) is 9.59 Å². The molecule has 2 aromatic rings. The van der Waals surface area contributed by atoms with E-state index in [2.05, 4.69) is 9.98 Å². The summed E-state index contributed by atoms with van der Waals surface area (Å²) >= 11 is 0. The summed E-state index contributed by atoms with van der Waals surface area (Å²) in [5, 5.41) is 0. The van der Waals surface area contributed by atoms with Crippen molar-refractivity contribution in [1.29, 1.82) is 0 Å². The summed E-state index contributed by atoms with van der Waals surface area (Å²) in [5.74, 6) is 0. The van der Waals surface area contributed by atoms with Gasteiger partial charge in [-0.05, 0) is 30.2 Å². The fourth-order valence-corrected chi connectivity index (χ4v) is 1.85. The van der Waals surface area contributed by atoms with Crippen molar-refractivity contribution < 1.29 is 9.59 Å². The molecule has 0 N–H and O–H groups in total. The topological polar surface area (TPSA) is 58.9 Å². The van der Waals surface area contributed by atoms with E-state index in [-0.39, 0.29) is 0 Å². The fourth-order valence-electron chi connectivity index (χ4n) is 1.85. The van der Waals surface area contributed by atoms with E-state index in [0.29, 0.717) is 11.4 Å². The number of rotatable bonds is 3. The predicted molar refractivity (Wildman–Crippen MR) is 72.2 cm³/mol. The molecule has 0 spiro atoms. The van der Waals surface area contributed by atoms with E-state index in [1.54, 1.807) is 18.2 Å². The van der Waals surface area contributed by atoms with Gasteiger partial charge in [-0.2, -0.15) is 9.98 Å². The zero-order valence-corrected chi connectivity index (χ0v) is 10.3. The number of benzene rings is 2. The van der Waals surface area contributed by atoms with E-state index < -0.39 is 0 Å². The van der Waals surface area contributed by atoms with Crippen LogP contribution >= 0.6 is 0 Å². The second-order valence-electron chi connectivity index (χ2n) is 3.92. The van der Waals surface area contributed by atoms with Crippen molar-refractivity contribution in [2.45, 2.75) is 6.92 Å². The molecule has 4 heteroatoms. The summed E-state index contributed by atoms with van der Waals surface area (Å²) in [6, 6.07) is 12.7. The summed E-state index contributed by atoms with van der Waals surface area (Å²) in [7, 11) is 0. The Balaban J connectivity index is 2.55. The molecule has 4 nitrogen and oxygen atoms in total. The Hall–Kier alpha value is -2.80. The van der Waals surface area contributed by atoms with E-state index >= 15 is 0 Å². The number of para-hydroxylation sites is 1. The third-order valence-corrected chi connectivity index (χ3v) is 2.75. The highest BCUT2D eigenvalue weighted by Gasteiger charge is 2.06. The van der Waals surface area contributed by atoms with Gasteiger partial charge in [0.2, 0.25) is 12.2 Å². The lowest BCUT2D eigenvalue weighted by atomic mass is 10.0. The lowest BCUT2D eigenvalue weighted by Gasteiger charge is -2.07. The number of isocyanates is 2. The Morgan fingerprint density at radius 2 is 1.58 bits per heavy atom. The molecule has 0 aliphatic carbocycles. The Kier molecular flexibility index (Phi) is 3.79. The lowest BCUT2D eigenvalue weighted by Crippen LogP contribution is -1.82. The molecule has 19 heavy (non-hydrogen) atoms. The van der Waals surface area contributed by atoms with Crippen LogP contribution in [0.2, 0.25) is 0 Å². The molecule has 2 rings (SSSR count). The van der Waals surface area contributed by atoms with Crippen LogP contribution in [0, 0.1) is 6.92 Å². The monoisotopic (exact) mass is 250 g/mol. The van der Waals surface area contributed by atoms with Crippen LogP contribution in [0.15, 0.2) is 52.4 Å². The molecule has 0 saturated carbocycles. The van der Waals surface area contributed by atoms with E-state index in [1.165, 1.54) is 6.08 Å². The number of hydrogen-bond donors (Lipinski definition) is 0. The van der Waals surface area contributed by atoms with Crippen molar-refractivity contribution in [1.82, 2.24) is 0 Å². The molecule has 0 fully saturated rings. The molecular formula is C15H10N2O2. The lowest BCUT2D eigenvalue weighted by molar-refractivity contribution is 0.564. The minimum atomic E-state index is 0.534. The maximum atomic E-state index is 10.5. The largest absolute Gasteiger partial charge is 0.240 e. The van der Waals surface area contributed by atoms with Gasteiger partial charge in [-0.3, -0.25) is 0 Å². The van der Waals surface area contributed by atoms with Gasteiger partial charge in [0.05, 0.1) is 11.4 Å². The number of nitrogens with zero attached hydrogens (tertiary/aromatic N) is 2. The third kappa shape index (κ3) is 2.72. The molecule has 0 atom stereocenters. The Bertz CT molecular complexity index is 693. The molecule has 0 heterocycles. The van der Waals surface area contributed by atoms with Gasteiger partial charge in [-0.1, -0.05) is 30.3 Å². The molecular weight excluding hydrogens is 240 g/mol. The van der Waals surface area contributed by atoms with Gasteiger partial charge in [0.15, 0.2) is 0 Å². The second-order valence-corrected chi connectivity index (χ2v) is 3.92. The first kappa shape index (κ1) is 12.7. The van der Waals surface area contributed by atoms with Crippen molar-refractivity contribution >= 4 is 23.5 Å². The number of aliphatic imine (C=N–C) groups is 2. The van der Waals surface area contributed by atoms with Crippen LogP contribution in [-0.2, 0) is 9.59 Å². The second kappa shape index (κ2) is 5.69. The van der Waals surface area contributed by atoms with Crippen molar-refractivity contribution in [3.8, 4) is 11.1 Å². The van der Waals surface area contributed by atoms with Gasteiger partial charge in [0, 0.05) is 5.56 Å². The highest BCUT2D eigenvalue weighted by molar-refractivity contribution is 5.80. The fraction of sp³-hybridized carbons (Fsp3) is 0.0667. The molecule has 0 unspecified atom stereocenters. The molecule has 0 aliphatic rings. The number of aryl methyl sites for hydroxylation is 1. The highest BCUT2D eigenvalue weighted by Crippen LogP contribution is 2.33. The van der Waals surface area contributed by atoms with Crippen LogP contribution in [0.4, 0.5) is 11.4 Å². The maximum absolute atomic E-state index is 10.5. The molecule has 0 aromatic heterocycles. The van der Waals surface area contributed by atoms with Gasteiger partial charge in [-0.25, -0.2) is 9.59 Å². The van der Waals surface area contributed by atoms with Gasteiger partial charge >= 0.3 is 0 Å². The Labute approximate surface area is 110 Å². The highest BCUT2D eigenvalue weighted by atomic mass is 16.1. The van der Waals surface area contributed by atoms with Crippen LogP contribution in [0.5, 0.6) is 0 Å². The van der Waals surface area contributed by atoms with Gasteiger partial charge < -0.3 is 0 Å². The summed E-state index contributed by atoms with van der Waals surface area (Å²) in [6.45, 7) is 1.88. The van der Waals surface area contributed by atoms with Crippen LogP contribution in [0.3, 0.4) is 0 Å². The molecule has 0 saturated heterocycles. The van der Waals surface area contributed by atoms with Crippen molar-refractivity contribution in [3.05, 3.63) is 48.0 Å². The van der Waals surface area contributed by atoms with Crippen LogP contribution in [0.1, 0.15) is 5.56 Å². The minimum absolute atomic E-state index is 0.534. The van der Waals surface area contributed by atoms with Gasteiger partial charge in [0.25, 0.3) is 0 Å². The van der Waals surface area contributed by atoms with Gasteiger partial charge in [-0.15, -0.1) is 0 Å². The average Bonchev–Trinajstić information content (AvgIpc) is 2.43. The summed E-state index contributed by atoms with van der Waals surface area (Å²) in [5.41, 5.74) is 3.76.